The maximum atomic E-state index is 11.5. The van der Waals surface area contributed by atoms with Gasteiger partial charge in [-0.25, -0.2) is 0 Å². The highest BCUT2D eigenvalue weighted by Crippen LogP contribution is 2.12. The molecule has 0 saturated heterocycles. The lowest BCUT2D eigenvalue weighted by atomic mass is 10.1. The number of benzene rings is 1. The predicted octanol–water partition coefficient (Wildman–Crippen LogP) is 2.46. The van der Waals surface area contributed by atoms with Gasteiger partial charge >= 0.3 is 5.97 Å². The van der Waals surface area contributed by atoms with Crippen LogP contribution in [-0.2, 0) is 14.3 Å². The summed E-state index contributed by atoms with van der Waals surface area (Å²) in [5, 5.41) is 3.00. The highest BCUT2D eigenvalue weighted by atomic mass is 16.5. The van der Waals surface area contributed by atoms with Gasteiger partial charge in [0, 0.05) is 19.2 Å². The Morgan fingerprint density at radius 2 is 1.94 bits per heavy atom. The second-order valence-electron chi connectivity index (χ2n) is 4.65. The van der Waals surface area contributed by atoms with Gasteiger partial charge in [0.05, 0.1) is 12.2 Å². The molecule has 0 unspecified atom stereocenters. The number of hydrogen-bond donors (Lipinski definition) is 1. The van der Waals surface area contributed by atoms with E-state index in [2.05, 4.69) is 5.32 Å². The number of carbonyl (C=O) groups excluding carboxylic acids is 1. The molecule has 1 aromatic carbocycles. The zero-order valence-electron chi connectivity index (χ0n) is 11.2. The van der Waals surface area contributed by atoms with Crippen LogP contribution in [0.15, 0.2) is 30.3 Å². The highest BCUT2D eigenvalue weighted by Gasteiger charge is 2.16. The summed E-state index contributed by atoms with van der Waals surface area (Å²) in [5.41, 5.74) is 0.652. The standard InChI is InChI=1S/C14H21NO3/c1-14(2,17-3)9-10-18-13(16)11-15-12-7-5-4-6-8-12/h4-8,15H,9-11H2,1-3H3. The van der Waals surface area contributed by atoms with Gasteiger partial charge in [0.15, 0.2) is 0 Å². The van der Waals surface area contributed by atoms with Crippen molar-refractivity contribution in [3.05, 3.63) is 30.3 Å². The number of carbonyl (C=O) groups is 1. The Morgan fingerprint density at radius 1 is 1.28 bits per heavy atom. The molecule has 1 rings (SSSR count). The smallest absolute Gasteiger partial charge is 0.325 e. The fourth-order valence-electron chi connectivity index (χ4n) is 1.29. The first-order valence-corrected chi connectivity index (χ1v) is 6.03. The molecular weight excluding hydrogens is 230 g/mol. The monoisotopic (exact) mass is 251 g/mol. The third kappa shape index (κ3) is 5.68. The molecule has 0 spiro atoms. The molecule has 1 N–H and O–H groups in total. The Hall–Kier alpha value is -1.55. The number of ether oxygens (including phenoxy) is 2. The van der Waals surface area contributed by atoms with Crippen molar-refractivity contribution in [2.24, 2.45) is 0 Å². The first-order chi connectivity index (χ1) is 8.53. The molecule has 4 nitrogen and oxygen atoms in total. The summed E-state index contributed by atoms with van der Waals surface area (Å²) in [7, 11) is 1.65. The first kappa shape index (κ1) is 14.5. The molecule has 0 atom stereocenters. The Morgan fingerprint density at radius 3 is 2.56 bits per heavy atom. The molecular formula is C14H21NO3. The summed E-state index contributed by atoms with van der Waals surface area (Å²) < 4.78 is 10.4. The summed E-state index contributed by atoms with van der Waals surface area (Å²) in [6, 6.07) is 9.56. The van der Waals surface area contributed by atoms with Crippen molar-refractivity contribution in [3.8, 4) is 0 Å². The number of esters is 1. The molecule has 100 valence electrons. The Labute approximate surface area is 108 Å². The number of nitrogens with one attached hydrogen (secondary N) is 1. The van der Waals surface area contributed by atoms with E-state index in [0.717, 1.165) is 5.69 Å². The topological polar surface area (TPSA) is 47.6 Å². The lowest BCUT2D eigenvalue weighted by Gasteiger charge is -2.22. The maximum absolute atomic E-state index is 11.5. The van der Waals surface area contributed by atoms with Crippen LogP contribution < -0.4 is 5.32 Å². The van der Waals surface area contributed by atoms with E-state index in [9.17, 15) is 4.79 Å². The zero-order valence-corrected chi connectivity index (χ0v) is 11.2. The van der Waals surface area contributed by atoms with Crippen molar-refractivity contribution < 1.29 is 14.3 Å². The van der Waals surface area contributed by atoms with E-state index in [1.54, 1.807) is 7.11 Å². The van der Waals surface area contributed by atoms with Crippen molar-refractivity contribution in [2.75, 3.05) is 25.6 Å². The minimum atomic E-state index is -0.259. The summed E-state index contributed by atoms with van der Waals surface area (Å²) >= 11 is 0. The Balaban J connectivity index is 2.19. The second-order valence-corrected chi connectivity index (χ2v) is 4.65. The molecule has 0 aliphatic heterocycles. The van der Waals surface area contributed by atoms with E-state index in [-0.39, 0.29) is 18.1 Å². The SMILES string of the molecule is COC(C)(C)CCOC(=O)CNc1ccccc1. The molecule has 0 bridgehead atoms. The number of para-hydroxylation sites is 1. The van der Waals surface area contributed by atoms with Gasteiger partial charge in [0.1, 0.15) is 6.54 Å². The molecule has 0 aliphatic rings. The van der Waals surface area contributed by atoms with Crippen LogP contribution in [0.5, 0.6) is 0 Å². The van der Waals surface area contributed by atoms with Crippen LogP contribution in [0.1, 0.15) is 20.3 Å². The molecule has 0 heterocycles. The van der Waals surface area contributed by atoms with Crippen LogP contribution in [-0.4, -0.2) is 31.8 Å². The van der Waals surface area contributed by atoms with E-state index in [0.29, 0.717) is 13.0 Å². The van der Waals surface area contributed by atoms with Crippen LogP contribution in [0, 0.1) is 0 Å². The first-order valence-electron chi connectivity index (χ1n) is 6.03. The average molecular weight is 251 g/mol. The lowest BCUT2D eigenvalue weighted by Crippen LogP contribution is -2.26. The van der Waals surface area contributed by atoms with E-state index in [1.165, 1.54) is 0 Å². The molecule has 1 aromatic rings. The van der Waals surface area contributed by atoms with Gasteiger partial charge in [-0.05, 0) is 26.0 Å². The predicted molar refractivity (Wildman–Crippen MR) is 71.6 cm³/mol. The lowest BCUT2D eigenvalue weighted by molar-refractivity contribution is -0.143. The molecule has 0 fully saturated rings. The zero-order chi connectivity index (χ0) is 13.4. The van der Waals surface area contributed by atoms with E-state index in [1.807, 2.05) is 44.2 Å². The number of anilines is 1. The van der Waals surface area contributed by atoms with Crippen LogP contribution in [0.25, 0.3) is 0 Å². The summed E-state index contributed by atoms with van der Waals surface area (Å²) in [6.45, 7) is 4.47. The third-order valence-electron chi connectivity index (χ3n) is 2.73. The number of methoxy groups -OCH3 is 1. The third-order valence-corrected chi connectivity index (χ3v) is 2.73. The number of rotatable bonds is 7. The fraction of sp³-hybridized carbons (Fsp3) is 0.500. The minimum absolute atomic E-state index is 0.178. The Kier molecular flexibility index (Phi) is 5.65. The van der Waals surface area contributed by atoms with Crippen molar-refractivity contribution in [1.82, 2.24) is 0 Å². The largest absolute Gasteiger partial charge is 0.464 e. The quantitative estimate of drug-likeness (QED) is 0.756. The highest BCUT2D eigenvalue weighted by molar-refractivity contribution is 5.74. The summed E-state index contributed by atoms with van der Waals surface area (Å²) in [5.74, 6) is -0.259. The fourth-order valence-corrected chi connectivity index (χ4v) is 1.29. The van der Waals surface area contributed by atoms with Gasteiger partial charge in [-0.2, -0.15) is 0 Å². The second kappa shape index (κ2) is 7.01. The van der Waals surface area contributed by atoms with Crippen LogP contribution in [0.2, 0.25) is 0 Å². The maximum Gasteiger partial charge on any atom is 0.325 e. The van der Waals surface area contributed by atoms with Crippen LogP contribution in [0.3, 0.4) is 0 Å². The molecule has 0 aliphatic carbocycles. The Bertz CT molecular complexity index is 363. The molecule has 0 amide bonds. The van der Waals surface area contributed by atoms with Gasteiger partial charge in [-0.3, -0.25) is 4.79 Å². The van der Waals surface area contributed by atoms with Gasteiger partial charge in [0.2, 0.25) is 0 Å². The van der Waals surface area contributed by atoms with Crippen molar-refractivity contribution in [3.63, 3.8) is 0 Å². The average Bonchev–Trinajstić information content (AvgIpc) is 2.37. The molecule has 0 saturated carbocycles. The van der Waals surface area contributed by atoms with Gasteiger partial charge in [-0.15, -0.1) is 0 Å². The van der Waals surface area contributed by atoms with Crippen molar-refractivity contribution in [1.29, 1.82) is 0 Å². The molecule has 4 heteroatoms. The van der Waals surface area contributed by atoms with Gasteiger partial charge in [-0.1, -0.05) is 18.2 Å². The van der Waals surface area contributed by atoms with E-state index < -0.39 is 0 Å². The normalized spacial score (nSPS) is 11.1. The summed E-state index contributed by atoms with van der Waals surface area (Å²) in [6.07, 6.45) is 0.681. The van der Waals surface area contributed by atoms with E-state index in [4.69, 9.17) is 9.47 Å². The molecule has 0 aromatic heterocycles. The summed E-state index contributed by atoms with van der Waals surface area (Å²) in [4.78, 5) is 11.5. The van der Waals surface area contributed by atoms with Gasteiger partial charge in [0.25, 0.3) is 0 Å². The molecule has 18 heavy (non-hydrogen) atoms. The van der Waals surface area contributed by atoms with E-state index >= 15 is 0 Å². The van der Waals surface area contributed by atoms with Gasteiger partial charge < -0.3 is 14.8 Å². The van der Waals surface area contributed by atoms with Crippen molar-refractivity contribution >= 4 is 11.7 Å². The van der Waals surface area contributed by atoms with Crippen LogP contribution >= 0.6 is 0 Å². The number of hydrogen-bond acceptors (Lipinski definition) is 4. The van der Waals surface area contributed by atoms with Crippen molar-refractivity contribution in [2.45, 2.75) is 25.9 Å². The minimum Gasteiger partial charge on any atom is -0.464 e. The molecule has 0 radical (unpaired) electrons. The van der Waals surface area contributed by atoms with Crippen LogP contribution in [0.4, 0.5) is 5.69 Å².